The van der Waals surface area contributed by atoms with E-state index in [-0.39, 0.29) is 36.0 Å². The van der Waals surface area contributed by atoms with Gasteiger partial charge in [0, 0.05) is 11.8 Å². The van der Waals surface area contributed by atoms with Crippen LogP contribution in [0.5, 0.6) is 0 Å². The molecule has 3 heterocycles. The summed E-state index contributed by atoms with van der Waals surface area (Å²) in [5.74, 6) is -1.70. The summed E-state index contributed by atoms with van der Waals surface area (Å²) in [6.45, 7) is 1.09. The van der Waals surface area contributed by atoms with Crippen LogP contribution in [0.1, 0.15) is 22.7 Å². The molecule has 2 atom stereocenters. The van der Waals surface area contributed by atoms with Gasteiger partial charge in [0.1, 0.15) is 24.6 Å². The number of para-hydroxylation sites is 1. The molecule has 1 aliphatic heterocycles. The Morgan fingerprint density at radius 2 is 1.85 bits per heavy atom. The van der Waals surface area contributed by atoms with Crippen molar-refractivity contribution >= 4 is 45.3 Å². The lowest BCUT2D eigenvalue weighted by atomic mass is 10.0. The molecular weight excluding hydrogens is 532 g/mol. The number of aromatic nitrogens is 4. The quantitative estimate of drug-likeness (QED) is 0.307. The average molecular weight is 558 g/mol. The first-order valence-corrected chi connectivity index (χ1v) is 12.9. The number of aromatic amines is 1. The van der Waals surface area contributed by atoms with Crippen LogP contribution in [0.15, 0.2) is 66.7 Å². The summed E-state index contributed by atoms with van der Waals surface area (Å²) in [4.78, 5) is 47.0. The lowest BCUT2D eigenvalue weighted by molar-refractivity contribution is -0.139. The maximum absolute atomic E-state index is 15.6. The number of nitrogens with two attached hydrogens (primary N) is 1. The molecule has 0 saturated carbocycles. The van der Waals surface area contributed by atoms with Gasteiger partial charge in [0.2, 0.25) is 5.91 Å². The van der Waals surface area contributed by atoms with Crippen LogP contribution in [0.4, 0.5) is 14.6 Å². The standard InChI is InChI=1S/C29H25F2N7O3/c1-16-33-22-10-9-18(12-23(22)34-16)17-5-4-6-20(11-17)38(31)29(41)25-13-19(30)14-36(25)26(39)15-37-24-8-3-2-7-21(24)27(35-37)28(32)40/h2-12,19,25H,13-15H2,1H3,(H2,32,40)(H,33,34)/t19-,25+/m1/s1. The number of primary amides is 1. The van der Waals surface area contributed by atoms with Crippen molar-refractivity contribution in [1.82, 2.24) is 24.6 Å². The predicted molar refractivity (Wildman–Crippen MR) is 148 cm³/mol. The summed E-state index contributed by atoms with van der Waals surface area (Å²) >= 11 is 0. The van der Waals surface area contributed by atoms with Gasteiger partial charge in [-0.2, -0.15) is 5.10 Å². The van der Waals surface area contributed by atoms with E-state index < -0.39 is 29.9 Å². The number of imidazole rings is 1. The van der Waals surface area contributed by atoms with Crippen molar-refractivity contribution < 1.29 is 23.3 Å². The number of nitrogens with one attached hydrogen (secondary N) is 1. The zero-order valence-corrected chi connectivity index (χ0v) is 21.9. The number of alkyl halides is 1. The highest BCUT2D eigenvalue weighted by molar-refractivity contribution is 6.04. The molecule has 41 heavy (non-hydrogen) atoms. The van der Waals surface area contributed by atoms with Gasteiger partial charge >= 0.3 is 0 Å². The molecule has 3 amide bonds. The van der Waals surface area contributed by atoms with Crippen LogP contribution in [-0.2, 0) is 16.1 Å². The van der Waals surface area contributed by atoms with Crippen molar-refractivity contribution in [1.29, 1.82) is 0 Å². The fourth-order valence-electron chi connectivity index (χ4n) is 5.33. The van der Waals surface area contributed by atoms with E-state index in [1.54, 1.807) is 36.4 Å². The smallest absolute Gasteiger partial charge is 0.277 e. The summed E-state index contributed by atoms with van der Waals surface area (Å²) in [5.41, 5.74) is 8.90. The third-order valence-electron chi connectivity index (χ3n) is 7.23. The predicted octanol–water partition coefficient (Wildman–Crippen LogP) is 3.84. The third kappa shape index (κ3) is 4.77. The number of benzene rings is 3. The summed E-state index contributed by atoms with van der Waals surface area (Å²) in [6.07, 6.45) is -1.85. The molecule has 0 spiro atoms. The number of likely N-dealkylation sites (tertiary alicyclic amines) is 1. The van der Waals surface area contributed by atoms with Crippen molar-refractivity contribution in [3.05, 3.63) is 78.2 Å². The molecule has 0 radical (unpaired) electrons. The lowest BCUT2D eigenvalue weighted by Crippen LogP contribution is -2.46. The molecule has 3 aromatic carbocycles. The van der Waals surface area contributed by atoms with Crippen molar-refractivity contribution in [3.8, 4) is 11.1 Å². The highest BCUT2D eigenvalue weighted by Gasteiger charge is 2.42. The minimum Gasteiger partial charge on any atom is -0.364 e. The van der Waals surface area contributed by atoms with Crippen LogP contribution in [0.25, 0.3) is 33.1 Å². The monoisotopic (exact) mass is 557 g/mol. The molecule has 1 saturated heterocycles. The Morgan fingerprint density at radius 3 is 2.66 bits per heavy atom. The second kappa shape index (κ2) is 10.1. The van der Waals surface area contributed by atoms with Crippen LogP contribution in [0.2, 0.25) is 0 Å². The number of amides is 3. The molecule has 6 rings (SSSR count). The summed E-state index contributed by atoms with van der Waals surface area (Å²) in [7, 11) is 0. The lowest BCUT2D eigenvalue weighted by Gasteiger charge is -2.25. The Hall–Kier alpha value is -5.13. The SMILES string of the molecule is Cc1nc2ccc(-c3cccc(N(F)C(=O)[C@@H]4C[C@@H](F)CN4C(=O)Cn4nc(C(N)=O)c5ccccc54)c3)cc2[nH]1. The van der Waals surface area contributed by atoms with Crippen LogP contribution >= 0.6 is 0 Å². The van der Waals surface area contributed by atoms with Crippen molar-refractivity contribution in [3.63, 3.8) is 0 Å². The van der Waals surface area contributed by atoms with Crippen LogP contribution < -0.4 is 10.9 Å². The minimum absolute atomic E-state index is 0.0116. The maximum atomic E-state index is 15.6. The highest BCUT2D eigenvalue weighted by Crippen LogP contribution is 2.30. The van der Waals surface area contributed by atoms with Gasteiger partial charge in [-0.3, -0.25) is 19.1 Å². The second-order valence-corrected chi connectivity index (χ2v) is 10.0. The van der Waals surface area contributed by atoms with Crippen LogP contribution in [-0.4, -0.2) is 61.1 Å². The molecule has 12 heteroatoms. The van der Waals surface area contributed by atoms with Gasteiger partial charge in [-0.15, -0.1) is 5.12 Å². The van der Waals surface area contributed by atoms with E-state index in [2.05, 4.69) is 15.1 Å². The van der Waals surface area contributed by atoms with E-state index >= 15 is 4.48 Å². The maximum Gasteiger partial charge on any atom is 0.277 e. The number of rotatable bonds is 6. The number of halogens is 2. The summed E-state index contributed by atoms with van der Waals surface area (Å²) in [5, 5.41) is 4.57. The van der Waals surface area contributed by atoms with E-state index in [0.717, 1.165) is 27.3 Å². The van der Waals surface area contributed by atoms with Gasteiger partial charge in [-0.05, 0) is 48.4 Å². The number of carbonyl (C=O) groups excluding carboxylic acids is 3. The Bertz CT molecular complexity index is 1830. The van der Waals surface area contributed by atoms with E-state index in [1.807, 2.05) is 25.1 Å². The number of anilines is 1. The second-order valence-electron chi connectivity index (χ2n) is 10.0. The van der Waals surface area contributed by atoms with Crippen molar-refractivity contribution in [2.24, 2.45) is 5.73 Å². The molecule has 208 valence electrons. The minimum atomic E-state index is -1.51. The zero-order chi connectivity index (χ0) is 28.8. The molecule has 0 unspecified atom stereocenters. The molecule has 5 aromatic rings. The summed E-state index contributed by atoms with van der Waals surface area (Å²) in [6, 6.07) is 17.3. The van der Waals surface area contributed by atoms with E-state index in [1.165, 1.54) is 16.8 Å². The van der Waals surface area contributed by atoms with Crippen LogP contribution in [0, 0.1) is 6.92 Å². The number of aryl methyl sites for hydroxylation is 1. The van der Waals surface area contributed by atoms with E-state index in [4.69, 9.17) is 5.73 Å². The fraction of sp³-hybridized carbons (Fsp3) is 0.207. The zero-order valence-electron chi connectivity index (χ0n) is 21.9. The van der Waals surface area contributed by atoms with Gasteiger partial charge in [0.05, 0.1) is 28.8 Å². The Kier molecular flexibility index (Phi) is 6.45. The number of nitrogens with zero attached hydrogens (tertiary/aromatic N) is 5. The van der Waals surface area contributed by atoms with Gasteiger partial charge in [0.15, 0.2) is 5.69 Å². The van der Waals surface area contributed by atoms with E-state index in [0.29, 0.717) is 16.5 Å². The van der Waals surface area contributed by atoms with Crippen molar-refractivity contribution in [2.45, 2.75) is 32.1 Å². The van der Waals surface area contributed by atoms with E-state index in [9.17, 15) is 18.8 Å². The molecular formula is C29H25F2N7O3. The highest BCUT2D eigenvalue weighted by atomic mass is 19.2. The first kappa shape index (κ1) is 26.1. The van der Waals surface area contributed by atoms with Crippen molar-refractivity contribution in [2.75, 3.05) is 11.7 Å². The molecule has 0 aliphatic carbocycles. The number of H-pyrrole nitrogens is 1. The average Bonchev–Trinajstić information content (AvgIpc) is 3.66. The largest absolute Gasteiger partial charge is 0.364 e. The molecule has 2 aromatic heterocycles. The topological polar surface area (TPSA) is 130 Å². The fourth-order valence-corrected chi connectivity index (χ4v) is 5.33. The molecule has 1 aliphatic rings. The number of hydrogen-bond acceptors (Lipinski definition) is 5. The number of fused-ring (bicyclic) bond motifs is 2. The van der Waals surface area contributed by atoms with Gasteiger partial charge in [0.25, 0.3) is 11.8 Å². The van der Waals surface area contributed by atoms with Gasteiger partial charge in [-0.1, -0.05) is 40.9 Å². The number of carbonyl (C=O) groups is 3. The molecule has 10 nitrogen and oxygen atoms in total. The Labute approximate surface area is 232 Å². The molecule has 1 fully saturated rings. The molecule has 0 bridgehead atoms. The van der Waals surface area contributed by atoms with Gasteiger partial charge < -0.3 is 15.6 Å². The first-order valence-electron chi connectivity index (χ1n) is 12.9. The summed E-state index contributed by atoms with van der Waals surface area (Å²) < 4.78 is 31.4. The normalized spacial score (nSPS) is 16.9. The molecule has 3 N–H and O–H groups in total. The third-order valence-corrected chi connectivity index (χ3v) is 7.23. The number of hydrogen-bond donors (Lipinski definition) is 2. The first-order chi connectivity index (χ1) is 19.7. The Morgan fingerprint density at radius 1 is 1.07 bits per heavy atom. The van der Waals surface area contributed by atoms with Crippen LogP contribution in [0.3, 0.4) is 0 Å². The Balaban J connectivity index is 1.24. The van der Waals surface area contributed by atoms with Gasteiger partial charge in [-0.25, -0.2) is 9.37 Å².